The van der Waals surface area contributed by atoms with E-state index in [2.05, 4.69) is 0 Å². The molecule has 24 heavy (non-hydrogen) atoms. The molecule has 0 spiro atoms. The summed E-state index contributed by atoms with van der Waals surface area (Å²) in [6.45, 7) is 4.74. The number of sulfone groups is 1. The predicted octanol–water partition coefficient (Wildman–Crippen LogP) is 1.20. The van der Waals surface area contributed by atoms with E-state index in [1.165, 1.54) is 6.07 Å². The number of carbonyl (C=O) groups is 1. The number of piperidine rings is 1. The Hall–Kier alpha value is -2.00. The second-order valence-electron chi connectivity index (χ2n) is 6.86. The number of nitrogens with zero attached hydrogens (tertiary/aromatic N) is 2. The van der Waals surface area contributed by atoms with Gasteiger partial charge in [0.2, 0.25) is 0 Å². The highest BCUT2D eigenvalue weighted by atomic mass is 32.2. The first kappa shape index (κ1) is 18.3. The highest BCUT2D eigenvalue weighted by molar-refractivity contribution is 7.90. The Morgan fingerprint density at radius 1 is 1.38 bits per heavy atom. The van der Waals surface area contributed by atoms with Gasteiger partial charge in [-0.1, -0.05) is 13.8 Å². The fourth-order valence-electron chi connectivity index (χ4n) is 2.76. The maximum atomic E-state index is 12.7. The smallest absolute Gasteiger partial charge is 0.271 e. The second kappa shape index (κ2) is 6.14. The molecule has 2 rings (SSSR count). The Kier molecular flexibility index (Phi) is 4.69. The van der Waals surface area contributed by atoms with Crippen molar-refractivity contribution in [2.24, 2.45) is 11.1 Å². The molecule has 1 atom stereocenters. The maximum absolute atomic E-state index is 12.7. The Morgan fingerprint density at radius 3 is 2.50 bits per heavy atom. The molecule has 1 aromatic rings. The average molecular weight is 355 g/mol. The van der Waals surface area contributed by atoms with Gasteiger partial charge in [-0.25, -0.2) is 8.42 Å². The number of nitro groups is 1. The number of rotatable bonds is 3. The lowest BCUT2D eigenvalue weighted by atomic mass is 9.79. The van der Waals surface area contributed by atoms with Crippen molar-refractivity contribution in [2.45, 2.75) is 31.2 Å². The third kappa shape index (κ3) is 3.73. The molecule has 1 aliphatic heterocycles. The molecule has 1 aromatic carbocycles. The van der Waals surface area contributed by atoms with E-state index >= 15 is 0 Å². The number of hydrogen-bond acceptors (Lipinski definition) is 6. The van der Waals surface area contributed by atoms with Crippen LogP contribution >= 0.6 is 0 Å². The number of nitro benzene ring substituents is 1. The highest BCUT2D eigenvalue weighted by Gasteiger charge is 2.36. The summed E-state index contributed by atoms with van der Waals surface area (Å²) in [5, 5.41) is 11.0. The molecule has 2 N–H and O–H groups in total. The summed E-state index contributed by atoms with van der Waals surface area (Å²) in [7, 11) is -3.67. The zero-order valence-corrected chi connectivity index (χ0v) is 14.7. The van der Waals surface area contributed by atoms with Gasteiger partial charge >= 0.3 is 0 Å². The number of benzene rings is 1. The molecule has 1 saturated heterocycles. The molecular formula is C15H21N3O5S. The first-order valence-corrected chi connectivity index (χ1v) is 9.35. The molecule has 0 aliphatic carbocycles. The van der Waals surface area contributed by atoms with Gasteiger partial charge in [0.1, 0.15) is 0 Å². The number of carbonyl (C=O) groups excluding carboxylic acids is 1. The standard InChI is InChI=1S/C15H21N3O5S/c1-15(2)9-17(5-4-13(15)16)14(19)10-6-11(18(20)21)8-12(7-10)24(3,22)23/h6-8,13H,4-5,9,16H2,1-3H3. The molecule has 1 amide bonds. The molecule has 1 aliphatic rings. The molecule has 0 saturated carbocycles. The van der Waals surface area contributed by atoms with Gasteiger partial charge in [-0.15, -0.1) is 0 Å². The quantitative estimate of drug-likeness (QED) is 0.642. The molecular weight excluding hydrogens is 334 g/mol. The summed E-state index contributed by atoms with van der Waals surface area (Å²) in [6.07, 6.45) is 1.57. The van der Waals surface area contributed by atoms with Crippen LogP contribution in [-0.4, -0.2) is 49.5 Å². The van der Waals surface area contributed by atoms with Gasteiger partial charge in [0.25, 0.3) is 11.6 Å². The fraction of sp³-hybridized carbons (Fsp3) is 0.533. The molecule has 1 heterocycles. The summed E-state index contributed by atoms with van der Waals surface area (Å²) >= 11 is 0. The van der Waals surface area contributed by atoms with Crippen LogP contribution in [-0.2, 0) is 9.84 Å². The van der Waals surface area contributed by atoms with Gasteiger partial charge in [-0.2, -0.15) is 0 Å². The monoisotopic (exact) mass is 355 g/mol. The Bertz CT molecular complexity index is 788. The third-order valence-corrected chi connectivity index (χ3v) is 5.47. The first-order chi connectivity index (χ1) is 10.9. The normalized spacial score (nSPS) is 20.7. The van der Waals surface area contributed by atoms with E-state index in [9.17, 15) is 23.3 Å². The lowest BCUT2D eigenvalue weighted by Crippen LogP contribution is -2.54. The predicted molar refractivity (Wildman–Crippen MR) is 88.5 cm³/mol. The zero-order valence-electron chi connectivity index (χ0n) is 13.9. The van der Waals surface area contributed by atoms with Crippen LogP contribution < -0.4 is 5.73 Å². The molecule has 9 heteroatoms. The van der Waals surface area contributed by atoms with E-state index in [0.29, 0.717) is 19.5 Å². The molecule has 0 aromatic heterocycles. The van der Waals surface area contributed by atoms with Gasteiger partial charge in [0, 0.05) is 43.1 Å². The van der Waals surface area contributed by atoms with E-state index in [4.69, 9.17) is 5.73 Å². The van der Waals surface area contributed by atoms with Gasteiger partial charge in [0.15, 0.2) is 9.84 Å². The summed E-state index contributed by atoms with van der Waals surface area (Å²) < 4.78 is 23.5. The molecule has 8 nitrogen and oxygen atoms in total. The third-order valence-electron chi connectivity index (χ3n) is 4.38. The van der Waals surface area contributed by atoms with Gasteiger partial charge in [-0.05, 0) is 17.9 Å². The first-order valence-electron chi connectivity index (χ1n) is 7.46. The summed E-state index contributed by atoms with van der Waals surface area (Å²) in [6, 6.07) is 3.21. The van der Waals surface area contributed by atoms with Gasteiger partial charge in [-0.3, -0.25) is 14.9 Å². The molecule has 1 unspecified atom stereocenters. The summed E-state index contributed by atoms with van der Waals surface area (Å²) in [5.74, 6) is -0.427. The lowest BCUT2D eigenvalue weighted by Gasteiger charge is -2.42. The number of likely N-dealkylation sites (tertiary alicyclic amines) is 1. The number of amides is 1. The summed E-state index contributed by atoms with van der Waals surface area (Å²) in [5.41, 5.74) is 5.34. The van der Waals surface area contributed by atoms with Crippen molar-refractivity contribution in [3.8, 4) is 0 Å². The van der Waals surface area contributed by atoms with Crippen LogP contribution in [0.2, 0.25) is 0 Å². The van der Waals surface area contributed by atoms with Crippen LogP contribution in [0.15, 0.2) is 23.1 Å². The van der Waals surface area contributed by atoms with E-state index in [1.807, 2.05) is 13.8 Å². The lowest BCUT2D eigenvalue weighted by molar-refractivity contribution is -0.385. The molecule has 0 bridgehead atoms. The van der Waals surface area contributed by atoms with Crippen LogP contribution in [0.4, 0.5) is 5.69 Å². The topological polar surface area (TPSA) is 124 Å². The van der Waals surface area contributed by atoms with Crippen molar-refractivity contribution in [1.82, 2.24) is 4.90 Å². The Morgan fingerprint density at radius 2 is 2.00 bits per heavy atom. The van der Waals surface area contributed by atoms with Crippen LogP contribution in [0.5, 0.6) is 0 Å². The van der Waals surface area contributed by atoms with Crippen LogP contribution in [0, 0.1) is 15.5 Å². The van der Waals surface area contributed by atoms with Crippen molar-refractivity contribution in [3.63, 3.8) is 0 Å². The van der Waals surface area contributed by atoms with Crippen molar-refractivity contribution in [2.75, 3.05) is 19.3 Å². The van der Waals surface area contributed by atoms with Gasteiger partial charge < -0.3 is 10.6 Å². The van der Waals surface area contributed by atoms with Crippen LogP contribution in [0.25, 0.3) is 0 Å². The van der Waals surface area contributed by atoms with Crippen LogP contribution in [0.3, 0.4) is 0 Å². The molecule has 1 fully saturated rings. The second-order valence-corrected chi connectivity index (χ2v) is 8.87. The molecule has 132 valence electrons. The van der Waals surface area contributed by atoms with Crippen molar-refractivity contribution in [1.29, 1.82) is 0 Å². The van der Waals surface area contributed by atoms with Crippen LogP contribution in [0.1, 0.15) is 30.6 Å². The van der Waals surface area contributed by atoms with E-state index in [0.717, 1.165) is 18.4 Å². The number of hydrogen-bond donors (Lipinski definition) is 1. The SMILES string of the molecule is CC1(C)CN(C(=O)c2cc([N+](=O)[O-])cc(S(C)(=O)=O)c2)CCC1N. The number of nitrogens with two attached hydrogens (primary N) is 1. The van der Waals surface area contributed by atoms with Crippen molar-refractivity contribution in [3.05, 3.63) is 33.9 Å². The van der Waals surface area contributed by atoms with Gasteiger partial charge in [0.05, 0.1) is 9.82 Å². The largest absolute Gasteiger partial charge is 0.338 e. The highest BCUT2D eigenvalue weighted by Crippen LogP contribution is 2.29. The fourth-order valence-corrected chi connectivity index (χ4v) is 3.43. The van der Waals surface area contributed by atoms with Crippen molar-refractivity contribution >= 4 is 21.4 Å². The van der Waals surface area contributed by atoms with E-state index in [1.54, 1.807) is 4.90 Å². The van der Waals surface area contributed by atoms with E-state index in [-0.39, 0.29) is 21.9 Å². The minimum Gasteiger partial charge on any atom is -0.338 e. The van der Waals surface area contributed by atoms with E-state index < -0.39 is 26.4 Å². The number of non-ortho nitro benzene ring substituents is 1. The minimum absolute atomic E-state index is 0.00380. The Labute approximate surface area is 140 Å². The minimum atomic E-state index is -3.67. The maximum Gasteiger partial charge on any atom is 0.271 e. The summed E-state index contributed by atoms with van der Waals surface area (Å²) in [4.78, 5) is 24.4. The Balaban J connectivity index is 2.42. The zero-order chi connectivity index (χ0) is 18.3. The molecule has 0 radical (unpaired) electrons. The van der Waals surface area contributed by atoms with Crippen molar-refractivity contribution < 1.29 is 18.1 Å². The average Bonchev–Trinajstić information content (AvgIpc) is 2.47.